The van der Waals surface area contributed by atoms with Crippen LogP contribution in [0.4, 0.5) is 4.39 Å². The highest BCUT2D eigenvalue weighted by molar-refractivity contribution is 5.94. The summed E-state index contributed by atoms with van der Waals surface area (Å²) in [6.07, 6.45) is 2.80. The van der Waals surface area contributed by atoms with Gasteiger partial charge in [-0.15, -0.1) is 0 Å². The largest absolute Gasteiger partial charge is 0.353 e. The number of likely N-dealkylation sites (tertiary alicyclic amines) is 1. The third kappa shape index (κ3) is 3.17. The lowest BCUT2D eigenvalue weighted by atomic mass is 9.92. The second-order valence-electron chi connectivity index (χ2n) is 7.54. The van der Waals surface area contributed by atoms with Gasteiger partial charge in [-0.05, 0) is 49.3 Å². The first-order valence-corrected chi connectivity index (χ1v) is 8.68. The van der Waals surface area contributed by atoms with Crippen molar-refractivity contribution in [1.82, 2.24) is 10.2 Å². The maximum atomic E-state index is 13.7. The molecular weight excluding hydrogens is 307 g/mol. The molecule has 2 fully saturated rings. The van der Waals surface area contributed by atoms with Gasteiger partial charge in [-0.2, -0.15) is 0 Å². The standard InChI is InChI=1S/C19H25FN2O2/c1-12(2)17(23)21-16-11-19(16)6-8-22(9-7-19)18(24)14-5-4-13(3)15(20)10-14/h4-5,10,12,16H,6-9,11H2,1-3H3,(H,21,23)/t16-/m0/s1. The second kappa shape index (κ2) is 6.19. The first-order chi connectivity index (χ1) is 11.3. The number of nitrogens with one attached hydrogen (secondary N) is 1. The van der Waals surface area contributed by atoms with Crippen LogP contribution in [-0.4, -0.2) is 35.8 Å². The highest BCUT2D eigenvalue weighted by atomic mass is 19.1. The summed E-state index contributed by atoms with van der Waals surface area (Å²) in [6.45, 7) is 6.82. The highest BCUT2D eigenvalue weighted by Gasteiger charge is 2.55. The predicted octanol–water partition coefficient (Wildman–Crippen LogP) is 2.90. The molecule has 4 nitrogen and oxygen atoms in total. The number of benzene rings is 1. The molecule has 1 aromatic carbocycles. The van der Waals surface area contributed by atoms with Gasteiger partial charge >= 0.3 is 0 Å². The molecule has 3 rings (SSSR count). The fourth-order valence-corrected chi connectivity index (χ4v) is 3.51. The van der Waals surface area contributed by atoms with Crippen LogP contribution in [0.5, 0.6) is 0 Å². The molecule has 1 heterocycles. The molecular formula is C19H25FN2O2. The number of hydrogen-bond acceptors (Lipinski definition) is 2. The number of aryl methyl sites for hydroxylation is 1. The predicted molar refractivity (Wildman–Crippen MR) is 90.1 cm³/mol. The average Bonchev–Trinajstić information content (AvgIpc) is 3.21. The van der Waals surface area contributed by atoms with Gasteiger partial charge < -0.3 is 10.2 Å². The number of hydrogen-bond donors (Lipinski definition) is 1. The molecule has 1 saturated heterocycles. The maximum absolute atomic E-state index is 13.7. The summed E-state index contributed by atoms with van der Waals surface area (Å²) in [7, 11) is 0. The number of carbonyl (C=O) groups is 2. The van der Waals surface area contributed by atoms with Crippen LogP contribution in [0.3, 0.4) is 0 Å². The Morgan fingerprint density at radius 1 is 1.29 bits per heavy atom. The molecule has 1 atom stereocenters. The van der Waals surface area contributed by atoms with Gasteiger partial charge in [-0.1, -0.05) is 19.9 Å². The maximum Gasteiger partial charge on any atom is 0.253 e. The van der Waals surface area contributed by atoms with Crippen molar-refractivity contribution in [2.45, 2.75) is 46.1 Å². The number of halogens is 1. The minimum absolute atomic E-state index is 0.000695. The summed E-state index contributed by atoms with van der Waals surface area (Å²) in [5.41, 5.74) is 1.13. The lowest BCUT2D eigenvalue weighted by molar-refractivity contribution is -0.124. The summed E-state index contributed by atoms with van der Waals surface area (Å²) >= 11 is 0. The number of rotatable bonds is 3. The van der Waals surface area contributed by atoms with Crippen LogP contribution in [0, 0.1) is 24.1 Å². The van der Waals surface area contributed by atoms with Gasteiger partial charge in [-0.3, -0.25) is 9.59 Å². The number of carbonyl (C=O) groups excluding carboxylic acids is 2. The molecule has 5 heteroatoms. The van der Waals surface area contributed by atoms with E-state index < -0.39 is 0 Å². The molecule has 130 valence electrons. The van der Waals surface area contributed by atoms with E-state index >= 15 is 0 Å². The van der Waals surface area contributed by atoms with Crippen LogP contribution in [0.25, 0.3) is 0 Å². The molecule has 1 aromatic rings. The van der Waals surface area contributed by atoms with E-state index in [1.807, 2.05) is 13.8 Å². The SMILES string of the molecule is Cc1ccc(C(=O)N2CCC3(CC2)C[C@@H]3NC(=O)C(C)C)cc1F. The third-order valence-corrected chi connectivity index (χ3v) is 5.50. The van der Waals surface area contributed by atoms with E-state index in [0.717, 1.165) is 19.3 Å². The second-order valence-corrected chi connectivity index (χ2v) is 7.54. The van der Waals surface area contributed by atoms with Crippen LogP contribution < -0.4 is 5.32 Å². The Labute approximate surface area is 142 Å². The lowest BCUT2D eigenvalue weighted by Gasteiger charge is -2.33. The molecule has 1 aliphatic heterocycles. The summed E-state index contributed by atoms with van der Waals surface area (Å²) in [6, 6.07) is 4.91. The minimum atomic E-state index is -0.340. The van der Waals surface area contributed by atoms with Gasteiger partial charge in [0.1, 0.15) is 5.82 Å². The highest BCUT2D eigenvalue weighted by Crippen LogP contribution is 2.54. The Morgan fingerprint density at radius 3 is 2.54 bits per heavy atom. The van der Waals surface area contributed by atoms with Crippen molar-refractivity contribution in [2.24, 2.45) is 11.3 Å². The monoisotopic (exact) mass is 332 g/mol. The van der Waals surface area contributed by atoms with Crippen molar-refractivity contribution < 1.29 is 14.0 Å². The van der Waals surface area contributed by atoms with E-state index in [1.165, 1.54) is 6.07 Å². The summed E-state index contributed by atoms with van der Waals surface area (Å²) in [5, 5.41) is 3.11. The Kier molecular flexibility index (Phi) is 4.37. The van der Waals surface area contributed by atoms with E-state index in [9.17, 15) is 14.0 Å². The Balaban J connectivity index is 1.57. The smallest absolute Gasteiger partial charge is 0.253 e. The Hall–Kier alpha value is -1.91. The van der Waals surface area contributed by atoms with Crippen molar-refractivity contribution >= 4 is 11.8 Å². The van der Waals surface area contributed by atoms with E-state index in [1.54, 1.807) is 24.0 Å². The molecule has 2 amide bonds. The summed E-state index contributed by atoms with van der Waals surface area (Å²) < 4.78 is 13.7. The van der Waals surface area contributed by atoms with Crippen LogP contribution in [0.15, 0.2) is 18.2 Å². The first-order valence-electron chi connectivity index (χ1n) is 8.68. The molecule has 24 heavy (non-hydrogen) atoms. The van der Waals surface area contributed by atoms with Crippen molar-refractivity contribution in [3.8, 4) is 0 Å². The Bertz CT molecular complexity index is 663. The van der Waals surface area contributed by atoms with Crippen LogP contribution >= 0.6 is 0 Å². The van der Waals surface area contributed by atoms with Crippen molar-refractivity contribution in [3.05, 3.63) is 35.1 Å². The van der Waals surface area contributed by atoms with Crippen molar-refractivity contribution in [2.75, 3.05) is 13.1 Å². The average molecular weight is 332 g/mol. The fraction of sp³-hybridized carbons (Fsp3) is 0.579. The zero-order valence-corrected chi connectivity index (χ0v) is 14.6. The summed E-state index contributed by atoms with van der Waals surface area (Å²) in [4.78, 5) is 26.2. The van der Waals surface area contributed by atoms with Crippen molar-refractivity contribution in [3.63, 3.8) is 0 Å². The lowest BCUT2D eigenvalue weighted by Crippen LogP contribution is -2.42. The third-order valence-electron chi connectivity index (χ3n) is 5.50. The molecule has 2 aliphatic rings. The van der Waals surface area contributed by atoms with Crippen molar-refractivity contribution in [1.29, 1.82) is 0 Å². The van der Waals surface area contributed by atoms with Crippen LogP contribution in [0.1, 0.15) is 49.0 Å². The van der Waals surface area contributed by atoms with Gasteiger partial charge in [0, 0.05) is 30.6 Å². The molecule has 1 aliphatic carbocycles. The van der Waals surface area contributed by atoms with E-state index in [4.69, 9.17) is 0 Å². The molecule has 0 unspecified atom stereocenters. The van der Waals surface area contributed by atoms with Crippen LogP contribution in [0.2, 0.25) is 0 Å². The first kappa shape index (κ1) is 16.9. The van der Waals surface area contributed by atoms with E-state index in [2.05, 4.69) is 5.32 Å². The summed E-state index contributed by atoms with van der Waals surface area (Å²) in [5.74, 6) is -0.341. The fourth-order valence-electron chi connectivity index (χ4n) is 3.51. The van der Waals surface area contributed by atoms with Gasteiger partial charge in [-0.25, -0.2) is 4.39 Å². The number of nitrogens with zero attached hydrogens (tertiary/aromatic N) is 1. The quantitative estimate of drug-likeness (QED) is 0.925. The minimum Gasteiger partial charge on any atom is -0.353 e. The molecule has 1 spiro atoms. The molecule has 1 saturated carbocycles. The molecule has 1 N–H and O–H groups in total. The van der Waals surface area contributed by atoms with Gasteiger partial charge in [0.15, 0.2) is 0 Å². The van der Waals surface area contributed by atoms with Gasteiger partial charge in [0.25, 0.3) is 5.91 Å². The number of amides is 2. The van der Waals surface area contributed by atoms with E-state index in [0.29, 0.717) is 24.2 Å². The zero-order valence-electron chi connectivity index (χ0n) is 14.6. The van der Waals surface area contributed by atoms with E-state index in [-0.39, 0.29) is 35.0 Å². The van der Waals surface area contributed by atoms with Gasteiger partial charge in [0.2, 0.25) is 5.91 Å². The van der Waals surface area contributed by atoms with Crippen LogP contribution in [-0.2, 0) is 4.79 Å². The number of piperidine rings is 1. The molecule has 0 radical (unpaired) electrons. The molecule has 0 aromatic heterocycles. The Morgan fingerprint density at radius 2 is 1.96 bits per heavy atom. The zero-order chi connectivity index (χ0) is 17.5. The topological polar surface area (TPSA) is 49.4 Å². The normalized spacial score (nSPS) is 21.9. The molecule has 0 bridgehead atoms. The van der Waals surface area contributed by atoms with Gasteiger partial charge in [0.05, 0.1) is 0 Å².